The number of aliphatic hydroxyl groups is 1. The highest BCUT2D eigenvalue weighted by atomic mass is 16.5. The molecule has 3 heteroatoms. The molecule has 0 aliphatic carbocycles. The fourth-order valence-corrected chi connectivity index (χ4v) is 1.05. The largest absolute Gasteiger partial charge is 0.469 e. The Morgan fingerprint density at radius 3 is 2.79 bits per heavy atom. The van der Waals surface area contributed by atoms with Crippen molar-refractivity contribution in [2.24, 2.45) is 0 Å². The second-order valence-corrected chi connectivity index (χ2v) is 3.28. The minimum absolute atomic E-state index is 0.0780. The van der Waals surface area contributed by atoms with Crippen LogP contribution in [0.2, 0.25) is 0 Å². The molecule has 0 aliphatic heterocycles. The summed E-state index contributed by atoms with van der Waals surface area (Å²) in [6, 6.07) is 0. The number of hydrogen-bond acceptors (Lipinski definition) is 3. The predicted molar refractivity (Wildman–Crippen MR) is 55.9 cm³/mol. The van der Waals surface area contributed by atoms with Gasteiger partial charge in [-0.25, -0.2) is 0 Å². The average molecular weight is 200 g/mol. The first kappa shape index (κ1) is 13.2. The number of carbonyl (C=O) groups is 1. The topological polar surface area (TPSA) is 46.5 Å². The van der Waals surface area contributed by atoms with Crippen LogP contribution in [0, 0.1) is 0 Å². The van der Waals surface area contributed by atoms with Crippen LogP contribution in [0.1, 0.15) is 39.0 Å². The van der Waals surface area contributed by atoms with E-state index in [1.54, 1.807) is 0 Å². The fourth-order valence-electron chi connectivity index (χ4n) is 1.05. The van der Waals surface area contributed by atoms with Crippen molar-refractivity contribution in [3.05, 3.63) is 12.2 Å². The monoisotopic (exact) mass is 200 g/mol. The minimum atomic E-state index is -0.611. The van der Waals surface area contributed by atoms with Crippen LogP contribution in [-0.4, -0.2) is 24.3 Å². The van der Waals surface area contributed by atoms with E-state index in [2.05, 4.69) is 11.7 Å². The van der Waals surface area contributed by atoms with Crippen molar-refractivity contribution >= 4 is 5.97 Å². The van der Waals surface area contributed by atoms with E-state index in [9.17, 15) is 9.90 Å². The summed E-state index contributed by atoms with van der Waals surface area (Å²) in [6.07, 6.45) is 7.35. The van der Waals surface area contributed by atoms with Crippen LogP contribution in [0.15, 0.2) is 12.2 Å². The third-order valence-corrected chi connectivity index (χ3v) is 1.93. The Balaban J connectivity index is 3.47. The second kappa shape index (κ2) is 8.75. The first-order chi connectivity index (χ1) is 6.70. The number of rotatable bonds is 7. The zero-order valence-electron chi connectivity index (χ0n) is 9.03. The number of hydrogen-bond donors (Lipinski definition) is 1. The highest BCUT2D eigenvalue weighted by molar-refractivity contribution is 5.69. The lowest BCUT2D eigenvalue weighted by Gasteiger charge is -2.05. The molecule has 0 radical (unpaired) electrons. The molecule has 0 bridgehead atoms. The zero-order valence-corrected chi connectivity index (χ0v) is 9.03. The standard InChI is InChI=1S/C11H20O3/c1-3-4-5-6-7-8-10(12)9-11(13)14-2/h6-7,10,12H,3-5,8-9H2,1-2H3/b7-6+. The Hall–Kier alpha value is -0.830. The average Bonchev–Trinajstić information content (AvgIpc) is 2.17. The van der Waals surface area contributed by atoms with Gasteiger partial charge in [0.1, 0.15) is 0 Å². The molecule has 0 aromatic heterocycles. The van der Waals surface area contributed by atoms with Crippen LogP contribution in [0.3, 0.4) is 0 Å². The second-order valence-electron chi connectivity index (χ2n) is 3.28. The van der Waals surface area contributed by atoms with Crippen molar-refractivity contribution in [1.29, 1.82) is 0 Å². The molecule has 1 atom stereocenters. The van der Waals surface area contributed by atoms with Gasteiger partial charge >= 0.3 is 5.97 Å². The molecule has 82 valence electrons. The van der Waals surface area contributed by atoms with Crippen molar-refractivity contribution in [2.75, 3.05) is 7.11 Å². The normalized spacial score (nSPS) is 13.1. The maximum Gasteiger partial charge on any atom is 0.308 e. The molecule has 0 saturated heterocycles. The van der Waals surface area contributed by atoms with Gasteiger partial charge in [0.05, 0.1) is 19.6 Å². The summed E-state index contributed by atoms with van der Waals surface area (Å²) in [7, 11) is 1.33. The van der Waals surface area contributed by atoms with Crippen molar-refractivity contribution in [3.8, 4) is 0 Å². The lowest BCUT2D eigenvalue weighted by Crippen LogP contribution is -2.13. The smallest absolute Gasteiger partial charge is 0.308 e. The molecule has 1 unspecified atom stereocenters. The van der Waals surface area contributed by atoms with Gasteiger partial charge < -0.3 is 9.84 Å². The van der Waals surface area contributed by atoms with E-state index in [1.807, 2.05) is 12.2 Å². The van der Waals surface area contributed by atoms with Crippen molar-refractivity contribution in [2.45, 2.75) is 45.1 Å². The third-order valence-electron chi connectivity index (χ3n) is 1.93. The lowest BCUT2D eigenvalue weighted by atomic mass is 10.1. The van der Waals surface area contributed by atoms with E-state index in [-0.39, 0.29) is 12.4 Å². The zero-order chi connectivity index (χ0) is 10.8. The quantitative estimate of drug-likeness (QED) is 0.388. The molecule has 0 aromatic carbocycles. The van der Waals surface area contributed by atoms with Gasteiger partial charge in [0.2, 0.25) is 0 Å². The van der Waals surface area contributed by atoms with Gasteiger partial charge in [0.15, 0.2) is 0 Å². The molecule has 0 rings (SSSR count). The van der Waals surface area contributed by atoms with Gasteiger partial charge in [-0.2, -0.15) is 0 Å². The van der Waals surface area contributed by atoms with Crippen molar-refractivity contribution < 1.29 is 14.6 Å². The Labute approximate surface area is 85.8 Å². The first-order valence-corrected chi connectivity index (χ1v) is 5.10. The summed E-state index contributed by atoms with van der Waals surface area (Å²) in [5, 5.41) is 9.36. The van der Waals surface area contributed by atoms with Gasteiger partial charge in [-0.1, -0.05) is 31.9 Å². The van der Waals surface area contributed by atoms with Gasteiger partial charge in [0.25, 0.3) is 0 Å². The molecule has 0 saturated carbocycles. The SMILES string of the molecule is CCCC/C=C/CC(O)CC(=O)OC. The third kappa shape index (κ3) is 7.80. The molecule has 0 spiro atoms. The predicted octanol–water partition coefficient (Wildman–Crippen LogP) is 2.05. The van der Waals surface area contributed by atoms with Crippen LogP contribution < -0.4 is 0 Å². The molecule has 0 heterocycles. The maximum absolute atomic E-state index is 10.8. The maximum atomic E-state index is 10.8. The Morgan fingerprint density at radius 1 is 1.50 bits per heavy atom. The molecule has 0 amide bonds. The molecule has 3 nitrogen and oxygen atoms in total. The first-order valence-electron chi connectivity index (χ1n) is 5.10. The van der Waals surface area contributed by atoms with E-state index >= 15 is 0 Å². The number of allylic oxidation sites excluding steroid dienone is 1. The van der Waals surface area contributed by atoms with E-state index in [0.29, 0.717) is 6.42 Å². The van der Waals surface area contributed by atoms with Crippen LogP contribution in [0.4, 0.5) is 0 Å². The highest BCUT2D eigenvalue weighted by Crippen LogP contribution is 2.02. The van der Waals surface area contributed by atoms with Gasteiger partial charge in [0, 0.05) is 0 Å². The highest BCUT2D eigenvalue weighted by Gasteiger charge is 2.08. The summed E-state index contributed by atoms with van der Waals surface area (Å²) in [6.45, 7) is 2.14. The Kier molecular flexibility index (Phi) is 8.24. The van der Waals surface area contributed by atoms with Gasteiger partial charge in [-0.3, -0.25) is 4.79 Å². The van der Waals surface area contributed by atoms with Crippen LogP contribution in [0.25, 0.3) is 0 Å². The number of ether oxygens (including phenoxy) is 1. The Bertz CT molecular complexity index is 175. The number of aliphatic hydroxyl groups excluding tert-OH is 1. The van der Waals surface area contributed by atoms with Crippen LogP contribution >= 0.6 is 0 Å². The minimum Gasteiger partial charge on any atom is -0.469 e. The molecule has 0 aromatic rings. The van der Waals surface area contributed by atoms with E-state index in [1.165, 1.54) is 20.0 Å². The summed E-state index contributed by atoms with van der Waals surface area (Å²) in [5.41, 5.74) is 0. The van der Waals surface area contributed by atoms with Crippen molar-refractivity contribution in [1.82, 2.24) is 0 Å². The summed E-state index contributed by atoms with van der Waals surface area (Å²) < 4.78 is 4.44. The van der Waals surface area contributed by atoms with Gasteiger partial charge in [-0.05, 0) is 12.8 Å². The fraction of sp³-hybridized carbons (Fsp3) is 0.727. The summed E-state index contributed by atoms with van der Waals surface area (Å²) in [5.74, 6) is -0.362. The number of methoxy groups -OCH3 is 1. The number of esters is 1. The summed E-state index contributed by atoms with van der Waals surface area (Å²) in [4.78, 5) is 10.8. The van der Waals surface area contributed by atoms with E-state index in [0.717, 1.165) is 6.42 Å². The summed E-state index contributed by atoms with van der Waals surface area (Å²) >= 11 is 0. The molecule has 0 fully saturated rings. The molecule has 14 heavy (non-hydrogen) atoms. The van der Waals surface area contributed by atoms with E-state index in [4.69, 9.17) is 0 Å². The Morgan fingerprint density at radius 2 is 2.21 bits per heavy atom. The molecule has 1 N–H and O–H groups in total. The van der Waals surface area contributed by atoms with Crippen LogP contribution in [-0.2, 0) is 9.53 Å². The number of carbonyl (C=O) groups excluding carboxylic acids is 1. The van der Waals surface area contributed by atoms with E-state index < -0.39 is 6.10 Å². The molecule has 0 aliphatic rings. The molecular formula is C11H20O3. The lowest BCUT2D eigenvalue weighted by molar-refractivity contribution is -0.142. The molecular weight excluding hydrogens is 180 g/mol. The van der Waals surface area contributed by atoms with Crippen molar-refractivity contribution in [3.63, 3.8) is 0 Å². The van der Waals surface area contributed by atoms with Crippen LogP contribution in [0.5, 0.6) is 0 Å². The number of unbranched alkanes of at least 4 members (excludes halogenated alkanes) is 2. The van der Waals surface area contributed by atoms with Gasteiger partial charge in [-0.15, -0.1) is 0 Å².